The molecular formula is C5H8F4Si2. The summed E-state index contributed by atoms with van der Waals surface area (Å²) in [5, 5.41) is 0. The van der Waals surface area contributed by atoms with Crippen molar-refractivity contribution in [3.05, 3.63) is 0 Å². The van der Waals surface area contributed by atoms with Gasteiger partial charge < -0.3 is 0 Å². The summed E-state index contributed by atoms with van der Waals surface area (Å²) in [6.45, 7) is 0. The van der Waals surface area contributed by atoms with Crippen LogP contribution in [-0.2, 0) is 0 Å². The highest BCUT2D eigenvalue weighted by Crippen LogP contribution is 2.02. The van der Waals surface area contributed by atoms with E-state index in [4.69, 9.17) is 0 Å². The minimum atomic E-state index is -2.26. The Kier molecular flexibility index (Phi) is 6.93. The standard InChI is InChI=1S/C5H8F4Si2/c6-4(7)10-2-1-3-11-5(8)9/h4-5H,1-3H2. The van der Waals surface area contributed by atoms with E-state index in [0.717, 1.165) is 0 Å². The Hall–Kier alpha value is 0.154. The fraction of sp³-hybridized carbons (Fsp3) is 1.00. The predicted octanol–water partition coefficient (Wildman–Crippen LogP) is 2.07. The highest BCUT2D eigenvalue weighted by Gasteiger charge is 2.06. The summed E-state index contributed by atoms with van der Waals surface area (Å²) in [6, 6.07) is -3.75. The second-order valence-corrected chi connectivity index (χ2v) is 4.55. The van der Waals surface area contributed by atoms with Crippen molar-refractivity contribution in [2.45, 2.75) is 30.6 Å². The number of hydrogen-bond donors (Lipinski definition) is 0. The Morgan fingerprint density at radius 2 is 1.18 bits per heavy atom. The van der Waals surface area contributed by atoms with Crippen LogP contribution in [0.2, 0.25) is 12.1 Å². The van der Waals surface area contributed by atoms with E-state index in [9.17, 15) is 17.6 Å². The van der Waals surface area contributed by atoms with Gasteiger partial charge in [0.25, 0.3) is 0 Å². The smallest absolute Gasteiger partial charge is 0.216 e. The van der Waals surface area contributed by atoms with Crippen LogP contribution in [0.4, 0.5) is 17.6 Å². The molecule has 0 spiro atoms. The van der Waals surface area contributed by atoms with Gasteiger partial charge in [-0.1, -0.05) is 18.5 Å². The Balaban J connectivity index is 2.91. The van der Waals surface area contributed by atoms with Gasteiger partial charge in [0.2, 0.25) is 12.1 Å². The van der Waals surface area contributed by atoms with Gasteiger partial charge in [0, 0.05) is 0 Å². The molecule has 0 amide bonds. The summed E-state index contributed by atoms with van der Waals surface area (Å²) in [5.74, 6) is 0. The fourth-order valence-corrected chi connectivity index (χ4v) is 2.06. The van der Waals surface area contributed by atoms with E-state index in [1.54, 1.807) is 0 Å². The first-order chi connectivity index (χ1) is 5.13. The minimum absolute atomic E-state index is 0.382. The lowest BCUT2D eigenvalue weighted by molar-refractivity contribution is 0.237. The first-order valence-electron chi connectivity index (χ1n) is 3.16. The molecule has 0 unspecified atom stereocenters. The zero-order valence-electron chi connectivity index (χ0n) is 5.79. The average molecular weight is 200 g/mol. The lowest BCUT2D eigenvalue weighted by Crippen LogP contribution is -2.06. The summed E-state index contributed by atoms with van der Waals surface area (Å²) >= 11 is 0. The summed E-state index contributed by atoms with van der Waals surface area (Å²) in [4.78, 5) is 0. The van der Waals surface area contributed by atoms with Crippen molar-refractivity contribution in [2.24, 2.45) is 0 Å². The van der Waals surface area contributed by atoms with Crippen molar-refractivity contribution in [2.75, 3.05) is 0 Å². The molecule has 6 heteroatoms. The van der Waals surface area contributed by atoms with E-state index in [-0.39, 0.29) is 19.0 Å². The van der Waals surface area contributed by atoms with Crippen LogP contribution in [0.5, 0.6) is 0 Å². The molecule has 0 nitrogen and oxygen atoms in total. The molecule has 0 atom stereocenters. The molecule has 0 saturated heterocycles. The number of halogens is 4. The highest BCUT2D eigenvalue weighted by atomic mass is 28.2. The second kappa shape index (κ2) is 6.84. The lowest BCUT2D eigenvalue weighted by atomic mass is 10.6. The van der Waals surface area contributed by atoms with Crippen LogP contribution in [0.25, 0.3) is 0 Å². The van der Waals surface area contributed by atoms with Gasteiger partial charge in [0.15, 0.2) is 0 Å². The van der Waals surface area contributed by atoms with Gasteiger partial charge in [-0.3, -0.25) is 0 Å². The summed E-state index contributed by atoms with van der Waals surface area (Å²) < 4.78 is 45.9. The quantitative estimate of drug-likeness (QED) is 0.350. The molecule has 0 rings (SSSR count). The fourth-order valence-electron chi connectivity index (χ4n) is 0.511. The van der Waals surface area contributed by atoms with Gasteiger partial charge in [0.05, 0.1) is 0 Å². The Labute approximate surface area is 68.0 Å². The number of rotatable bonds is 6. The van der Waals surface area contributed by atoms with Crippen molar-refractivity contribution in [3.63, 3.8) is 0 Å². The molecule has 0 aliphatic heterocycles. The largest absolute Gasteiger partial charge is 0.216 e. The van der Waals surface area contributed by atoms with Gasteiger partial charge in [0.1, 0.15) is 19.0 Å². The van der Waals surface area contributed by atoms with Crippen molar-refractivity contribution in [1.82, 2.24) is 0 Å². The molecule has 0 aliphatic rings. The summed E-state index contributed by atoms with van der Waals surface area (Å²) in [7, 11) is -0.763. The first kappa shape index (κ1) is 11.2. The molecule has 0 saturated carbocycles. The van der Waals surface area contributed by atoms with Crippen LogP contribution in [0, 0.1) is 0 Å². The zero-order chi connectivity index (χ0) is 8.69. The van der Waals surface area contributed by atoms with Crippen LogP contribution < -0.4 is 0 Å². The highest BCUT2D eigenvalue weighted by molar-refractivity contribution is 6.38. The third kappa shape index (κ3) is 10.2. The van der Waals surface area contributed by atoms with E-state index < -0.39 is 12.1 Å². The molecule has 4 radical (unpaired) electrons. The predicted molar refractivity (Wildman–Crippen MR) is 37.7 cm³/mol. The molecule has 0 aromatic rings. The van der Waals surface area contributed by atoms with E-state index in [1.165, 1.54) is 0 Å². The molecule has 0 aliphatic carbocycles. The van der Waals surface area contributed by atoms with Crippen LogP contribution in [0.3, 0.4) is 0 Å². The van der Waals surface area contributed by atoms with Crippen molar-refractivity contribution in [3.8, 4) is 0 Å². The first-order valence-corrected chi connectivity index (χ1v) is 5.73. The third-order valence-corrected chi connectivity index (χ3v) is 2.85. The summed E-state index contributed by atoms with van der Waals surface area (Å²) in [6.07, 6.45) is 0.506. The van der Waals surface area contributed by atoms with Gasteiger partial charge in [-0.2, -0.15) is 0 Å². The molecule has 0 fully saturated rings. The number of alkyl halides is 4. The van der Waals surface area contributed by atoms with E-state index in [2.05, 4.69) is 0 Å². The third-order valence-electron chi connectivity index (χ3n) is 0.951. The molecule has 0 N–H and O–H groups in total. The molecule has 64 valence electrons. The van der Waals surface area contributed by atoms with E-state index in [1.807, 2.05) is 0 Å². The second-order valence-electron chi connectivity index (χ2n) is 1.86. The maximum Gasteiger partial charge on any atom is 0.216 e. The molecular weight excluding hydrogens is 192 g/mol. The molecule has 0 bridgehead atoms. The Morgan fingerprint density at radius 3 is 1.45 bits per heavy atom. The van der Waals surface area contributed by atoms with E-state index >= 15 is 0 Å². The summed E-state index contributed by atoms with van der Waals surface area (Å²) in [5.41, 5.74) is 0. The maximum absolute atomic E-state index is 11.5. The SMILES string of the molecule is FC(F)[Si]CCC[Si]C(F)F. The van der Waals surface area contributed by atoms with Crippen LogP contribution >= 0.6 is 0 Å². The normalized spacial score (nSPS) is 11.5. The number of hydrogen-bond acceptors (Lipinski definition) is 0. The lowest BCUT2D eigenvalue weighted by Gasteiger charge is -1.97. The van der Waals surface area contributed by atoms with Crippen LogP contribution in [-0.4, -0.2) is 31.1 Å². The van der Waals surface area contributed by atoms with Crippen molar-refractivity contribution < 1.29 is 17.6 Å². The monoisotopic (exact) mass is 200 g/mol. The van der Waals surface area contributed by atoms with Gasteiger partial charge in [-0.25, -0.2) is 17.6 Å². The Morgan fingerprint density at radius 1 is 0.818 bits per heavy atom. The van der Waals surface area contributed by atoms with E-state index in [0.29, 0.717) is 18.5 Å². The molecule has 0 heterocycles. The van der Waals surface area contributed by atoms with Gasteiger partial charge in [-0.15, -0.1) is 0 Å². The molecule has 0 aromatic carbocycles. The molecule has 0 aromatic heterocycles. The van der Waals surface area contributed by atoms with Gasteiger partial charge >= 0.3 is 0 Å². The van der Waals surface area contributed by atoms with Gasteiger partial charge in [-0.05, 0) is 0 Å². The topological polar surface area (TPSA) is 0 Å². The average Bonchev–Trinajstić information content (AvgIpc) is 1.85. The van der Waals surface area contributed by atoms with Crippen molar-refractivity contribution >= 4 is 19.0 Å². The van der Waals surface area contributed by atoms with Crippen molar-refractivity contribution in [1.29, 1.82) is 0 Å². The van der Waals surface area contributed by atoms with Crippen LogP contribution in [0.15, 0.2) is 0 Å². The minimum Gasteiger partial charge on any atom is -0.216 e. The molecule has 11 heavy (non-hydrogen) atoms. The zero-order valence-corrected chi connectivity index (χ0v) is 7.79. The maximum atomic E-state index is 11.5. The van der Waals surface area contributed by atoms with Crippen LogP contribution in [0.1, 0.15) is 6.42 Å². The Bertz CT molecular complexity index is 78.6.